The SMILES string of the molecule is CCCN1CC=C(c2cccc(S(=O)(=O)C(F)(F)F)c2)CC1. The van der Waals surface area contributed by atoms with E-state index in [1.54, 1.807) is 6.07 Å². The topological polar surface area (TPSA) is 37.4 Å². The molecule has 1 aromatic carbocycles. The molecule has 22 heavy (non-hydrogen) atoms. The lowest BCUT2D eigenvalue weighted by atomic mass is 9.99. The molecular formula is C15H18F3NO2S. The molecule has 1 heterocycles. The molecule has 7 heteroatoms. The Morgan fingerprint density at radius 3 is 2.55 bits per heavy atom. The predicted octanol–water partition coefficient (Wildman–Crippen LogP) is 3.48. The van der Waals surface area contributed by atoms with Crippen LogP contribution in [0.4, 0.5) is 13.2 Å². The van der Waals surface area contributed by atoms with Crippen LogP contribution in [-0.2, 0) is 9.84 Å². The molecule has 1 aliphatic rings. The van der Waals surface area contributed by atoms with Crippen LogP contribution in [0.5, 0.6) is 0 Å². The Morgan fingerprint density at radius 2 is 2.00 bits per heavy atom. The van der Waals surface area contributed by atoms with Crippen LogP contribution in [0.2, 0.25) is 0 Å². The van der Waals surface area contributed by atoms with Gasteiger partial charge in [-0.25, -0.2) is 8.42 Å². The minimum absolute atomic E-state index is 0.543. The van der Waals surface area contributed by atoms with Crippen LogP contribution in [0.15, 0.2) is 35.2 Å². The third-order valence-corrected chi connectivity index (χ3v) is 5.14. The molecule has 0 spiro atoms. The maximum atomic E-state index is 12.6. The van der Waals surface area contributed by atoms with E-state index in [-0.39, 0.29) is 0 Å². The summed E-state index contributed by atoms with van der Waals surface area (Å²) in [6, 6.07) is 5.10. The fourth-order valence-electron chi connectivity index (χ4n) is 2.49. The van der Waals surface area contributed by atoms with Gasteiger partial charge in [-0.15, -0.1) is 0 Å². The lowest BCUT2D eigenvalue weighted by Crippen LogP contribution is -2.29. The molecule has 0 aliphatic carbocycles. The Labute approximate surface area is 128 Å². The summed E-state index contributed by atoms with van der Waals surface area (Å²) in [5, 5.41) is 0. The van der Waals surface area contributed by atoms with Crippen LogP contribution in [0.25, 0.3) is 5.57 Å². The van der Waals surface area contributed by atoms with Crippen molar-refractivity contribution in [2.45, 2.75) is 30.2 Å². The third-order valence-electron chi connectivity index (χ3n) is 3.65. The van der Waals surface area contributed by atoms with Gasteiger partial charge in [-0.3, -0.25) is 4.90 Å². The van der Waals surface area contributed by atoms with Gasteiger partial charge in [0, 0.05) is 13.1 Å². The molecule has 0 saturated carbocycles. The van der Waals surface area contributed by atoms with Gasteiger partial charge < -0.3 is 0 Å². The van der Waals surface area contributed by atoms with Crippen molar-refractivity contribution in [2.24, 2.45) is 0 Å². The first kappa shape index (κ1) is 17.0. The number of sulfone groups is 1. The van der Waals surface area contributed by atoms with E-state index in [2.05, 4.69) is 11.8 Å². The minimum Gasteiger partial charge on any atom is -0.299 e. The quantitative estimate of drug-likeness (QED) is 0.846. The molecule has 122 valence electrons. The summed E-state index contributed by atoms with van der Waals surface area (Å²) in [6.07, 6.45) is 3.70. The van der Waals surface area contributed by atoms with E-state index < -0.39 is 20.2 Å². The van der Waals surface area contributed by atoms with E-state index in [4.69, 9.17) is 0 Å². The Balaban J connectivity index is 2.27. The molecule has 0 radical (unpaired) electrons. The van der Waals surface area contributed by atoms with Crippen molar-refractivity contribution in [3.8, 4) is 0 Å². The molecule has 0 atom stereocenters. The van der Waals surface area contributed by atoms with Gasteiger partial charge in [-0.1, -0.05) is 25.1 Å². The number of halogens is 3. The van der Waals surface area contributed by atoms with Crippen molar-refractivity contribution in [2.75, 3.05) is 19.6 Å². The molecule has 1 aromatic rings. The van der Waals surface area contributed by atoms with Crippen LogP contribution in [0.3, 0.4) is 0 Å². The van der Waals surface area contributed by atoms with Gasteiger partial charge in [0.05, 0.1) is 4.90 Å². The van der Waals surface area contributed by atoms with Gasteiger partial charge in [0.15, 0.2) is 0 Å². The average Bonchev–Trinajstić information content (AvgIpc) is 2.47. The maximum absolute atomic E-state index is 12.6. The number of alkyl halides is 3. The second kappa shape index (κ2) is 6.42. The largest absolute Gasteiger partial charge is 0.501 e. The highest BCUT2D eigenvalue weighted by Gasteiger charge is 2.46. The molecule has 0 unspecified atom stereocenters. The summed E-state index contributed by atoms with van der Waals surface area (Å²) in [7, 11) is -5.29. The van der Waals surface area contributed by atoms with Crippen molar-refractivity contribution in [1.82, 2.24) is 4.90 Å². The van der Waals surface area contributed by atoms with E-state index >= 15 is 0 Å². The number of hydrogen-bond donors (Lipinski definition) is 0. The van der Waals surface area contributed by atoms with Crippen molar-refractivity contribution >= 4 is 15.4 Å². The van der Waals surface area contributed by atoms with Gasteiger partial charge in [-0.05, 0) is 42.7 Å². The Bertz CT molecular complexity index is 666. The van der Waals surface area contributed by atoms with Crippen LogP contribution in [0.1, 0.15) is 25.3 Å². The monoisotopic (exact) mass is 333 g/mol. The van der Waals surface area contributed by atoms with Gasteiger partial charge in [0.25, 0.3) is 9.84 Å². The van der Waals surface area contributed by atoms with E-state index in [0.29, 0.717) is 12.0 Å². The number of rotatable bonds is 4. The lowest BCUT2D eigenvalue weighted by molar-refractivity contribution is -0.0436. The molecule has 3 nitrogen and oxygen atoms in total. The van der Waals surface area contributed by atoms with E-state index in [1.807, 2.05) is 6.08 Å². The predicted molar refractivity (Wildman–Crippen MR) is 79.0 cm³/mol. The van der Waals surface area contributed by atoms with Gasteiger partial charge in [-0.2, -0.15) is 13.2 Å². The Morgan fingerprint density at radius 1 is 1.27 bits per heavy atom. The van der Waals surface area contributed by atoms with Gasteiger partial charge in [0.1, 0.15) is 0 Å². The second-order valence-electron chi connectivity index (χ2n) is 5.26. The smallest absolute Gasteiger partial charge is 0.299 e. The number of benzene rings is 1. The van der Waals surface area contributed by atoms with Crippen molar-refractivity contribution < 1.29 is 21.6 Å². The summed E-state index contributed by atoms with van der Waals surface area (Å²) in [6.45, 7) is 4.63. The standard InChI is InChI=1S/C15H18F3NO2S/c1-2-8-19-9-6-12(7-10-19)13-4-3-5-14(11-13)22(20,21)15(16,17)18/h3-6,11H,2,7-10H2,1H3. The molecule has 0 saturated heterocycles. The molecule has 0 aromatic heterocycles. The van der Waals surface area contributed by atoms with Crippen molar-refractivity contribution in [1.29, 1.82) is 0 Å². The first-order valence-corrected chi connectivity index (χ1v) is 8.57. The highest BCUT2D eigenvalue weighted by Crippen LogP contribution is 2.32. The molecule has 1 aliphatic heterocycles. The van der Waals surface area contributed by atoms with E-state index in [9.17, 15) is 21.6 Å². The lowest BCUT2D eigenvalue weighted by Gasteiger charge is -2.26. The van der Waals surface area contributed by atoms with Crippen LogP contribution >= 0.6 is 0 Å². The van der Waals surface area contributed by atoms with E-state index in [0.717, 1.165) is 43.8 Å². The highest BCUT2D eigenvalue weighted by molar-refractivity contribution is 7.92. The minimum atomic E-state index is -5.29. The van der Waals surface area contributed by atoms with E-state index in [1.165, 1.54) is 6.07 Å². The van der Waals surface area contributed by atoms with Gasteiger partial charge in [0.2, 0.25) is 0 Å². The first-order chi connectivity index (χ1) is 10.3. The summed E-state index contributed by atoms with van der Waals surface area (Å²) in [5.74, 6) is 0. The van der Waals surface area contributed by atoms with Crippen LogP contribution in [-0.4, -0.2) is 38.5 Å². The van der Waals surface area contributed by atoms with Crippen molar-refractivity contribution in [3.05, 3.63) is 35.9 Å². The number of hydrogen-bond acceptors (Lipinski definition) is 3. The Hall–Kier alpha value is -1.34. The van der Waals surface area contributed by atoms with Crippen LogP contribution < -0.4 is 0 Å². The summed E-state index contributed by atoms with van der Waals surface area (Å²) in [5.41, 5.74) is -3.84. The third kappa shape index (κ3) is 3.52. The molecule has 0 fully saturated rings. The highest BCUT2D eigenvalue weighted by atomic mass is 32.2. The van der Waals surface area contributed by atoms with Gasteiger partial charge >= 0.3 is 5.51 Å². The van der Waals surface area contributed by atoms with Crippen LogP contribution in [0, 0.1) is 0 Å². The molecule has 0 bridgehead atoms. The summed E-state index contributed by atoms with van der Waals surface area (Å²) in [4.78, 5) is 1.55. The Kier molecular flexibility index (Phi) is 4.97. The fraction of sp³-hybridized carbons (Fsp3) is 0.467. The summed E-state index contributed by atoms with van der Waals surface area (Å²) < 4.78 is 60.8. The zero-order chi connectivity index (χ0) is 16.4. The molecule has 0 N–H and O–H groups in total. The zero-order valence-electron chi connectivity index (χ0n) is 12.2. The first-order valence-electron chi connectivity index (χ1n) is 7.09. The van der Waals surface area contributed by atoms with Crippen molar-refractivity contribution in [3.63, 3.8) is 0 Å². The number of nitrogens with zero attached hydrogens (tertiary/aromatic N) is 1. The fourth-order valence-corrected chi connectivity index (χ4v) is 3.30. The average molecular weight is 333 g/mol. The maximum Gasteiger partial charge on any atom is 0.501 e. The summed E-state index contributed by atoms with van der Waals surface area (Å²) >= 11 is 0. The molecule has 2 rings (SSSR count). The molecular weight excluding hydrogens is 315 g/mol. The normalized spacial score (nSPS) is 17.4. The molecule has 0 amide bonds. The zero-order valence-corrected chi connectivity index (χ0v) is 13.0. The second-order valence-corrected chi connectivity index (χ2v) is 7.20.